The zero-order chi connectivity index (χ0) is 27.0. The topological polar surface area (TPSA) is 92.9 Å². The number of para-hydroxylation sites is 1. The molecule has 1 amide bonds. The molecular formula is C27H24BrF2N3O4. The minimum absolute atomic E-state index is 0.0195. The number of halogens is 3. The van der Waals surface area contributed by atoms with Crippen molar-refractivity contribution in [3.05, 3.63) is 80.7 Å². The molecule has 2 heterocycles. The molecule has 192 valence electrons. The standard InChI is InChI=1S/C27H24BrF2N3O4/c1-26(2)11-18-20(19(34)12-26)27(14-7-5-6-8-17(14)32(3)25(27)36)21(24(35)37-4)23(31)33(18)22-15(28)9-13(29)10-16(22)30/h5-10H,11-12,31H2,1-4H3. The number of ether oxygens (including phenoxy) is 1. The number of hydrogen-bond acceptors (Lipinski definition) is 6. The van der Waals surface area contributed by atoms with Gasteiger partial charge in [-0.2, -0.15) is 0 Å². The zero-order valence-electron chi connectivity index (χ0n) is 20.6. The summed E-state index contributed by atoms with van der Waals surface area (Å²) < 4.78 is 34.5. The first-order valence-electron chi connectivity index (χ1n) is 11.5. The maximum absolute atomic E-state index is 15.4. The number of hydrogen-bond donors (Lipinski definition) is 1. The number of allylic oxidation sites excluding steroid dienone is 1. The van der Waals surface area contributed by atoms with Crippen LogP contribution in [0.25, 0.3) is 0 Å². The fourth-order valence-electron chi connectivity index (χ4n) is 5.88. The molecule has 2 aromatic rings. The average Bonchev–Trinajstić information content (AvgIpc) is 3.02. The number of carbonyl (C=O) groups excluding carboxylic acids is 3. The van der Waals surface area contributed by atoms with Gasteiger partial charge in [-0.05, 0) is 39.9 Å². The van der Waals surface area contributed by atoms with Crippen molar-refractivity contribution in [3.8, 4) is 0 Å². The minimum Gasteiger partial charge on any atom is -0.466 e. The summed E-state index contributed by atoms with van der Waals surface area (Å²) in [7, 11) is 2.70. The van der Waals surface area contributed by atoms with E-state index in [-0.39, 0.29) is 51.4 Å². The molecule has 1 aliphatic carbocycles. The van der Waals surface area contributed by atoms with Crippen LogP contribution in [0.3, 0.4) is 0 Å². The number of nitrogens with two attached hydrogens (primary N) is 1. The van der Waals surface area contributed by atoms with Crippen molar-refractivity contribution in [2.45, 2.75) is 32.1 Å². The molecule has 0 radical (unpaired) electrons. The Balaban J connectivity index is 1.98. The Morgan fingerprint density at radius 3 is 2.46 bits per heavy atom. The fourth-order valence-corrected chi connectivity index (χ4v) is 6.47. The Hall–Kier alpha value is -3.53. The number of carbonyl (C=O) groups is 3. The van der Waals surface area contributed by atoms with Crippen LogP contribution in [0, 0.1) is 17.0 Å². The molecule has 3 aliphatic rings. The second-order valence-corrected chi connectivity index (χ2v) is 11.1. The molecular weight excluding hydrogens is 548 g/mol. The van der Waals surface area contributed by atoms with Gasteiger partial charge in [0.05, 0.1) is 12.8 Å². The highest BCUT2D eigenvalue weighted by Crippen LogP contribution is 2.59. The molecule has 0 aromatic heterocycles. The number of amides is 1. The van der Waals surface area contributed by atoms with Crippen molar-refractivity contribution in [1.29, 1.82) is 0 Å². The molecule has 0 fully saturated rings. The normalized spacial score (nSPS) is 22.6. The number of fused-ring (bicyclic) bond motifs is 3. The summed E-state index contributed by atoms with van der Waals surface area (Å²) in [5.74, 6) is -3.93. The van der Waals surface area contributed by atoms with Gasteiger partial charge in [-0.1, -0.05) is 32.0 Å². The summed E-state index contributed by atoms with van der Waals surface area (Å²) in [6.45, 7) is 3.75. The maximum atomic E-state index is 15.4. The number of ketones is 1. The first kappa shape index (κ1) is 25.1. The van der Waals surface area contributed by atoms with E-state index in [1.54, 1.807) is 31.3 Å². The SMILES string of the molecule is COC(=O)C1=C(N)N(c2c(F)cc(F)cc2Br)C2=C(C(=O)CC(C)(C)C2)C12C(=O)N(C)c1ccccc12. The lowest BCUT2D eigenvalue weighted by Gasteiger charge is -2.47. The molecule has 0 saturated heterocycles. The minimum atomic E-state index is -1.88. The molecule has 37 heavy (non-hydrogen) atoms. The van der Waals surface area contributed by atoms with E-state index < -0.39 is 34.3 Å². The number of likely N-dealkylation sites (N-methyl/N-ethyl adjacent to an activating group) is 1. The summed E-state index contributed by atoms with van der Waals surface area (Å²) in [5, 5.41) is 0. The number of methoxy groups -OCH3 is 1. The maximum Gasteiger partial charge on any atom is 0.339 e. The Morgan fingerprint density at radius 2 is 1.81 bits per heavy atom. The summed E-state index contributed by atoms with van der Waals surface area (Å²) in [5.41, 5.74) is 4.97. The van der Waals surface area contributed by atoms with E-state index in [0.717, 1.165) is 13.2 Å². The van der Waals surface area contributed by atoms with Gasteiger partial charge in [-0.25, -0.2) is 13.6 Å². The third kappa shape index (κ3) is 3.31. The van der Waals surface area contributed by atoms with Crippen molar-refractivity contribution in [1.82, 2.24) is 0 Å². The van der Waals surface area contributed by atoms with E-state index in [1.165, 1.54) is 9.80 Å². The van der Waals surface area contributed by atoms with Crippen LogP contribution >= 0.6 is 15.9 Å². The summed E-state index contributed by atoms with van der Waals surface area (Å²) in [4.78, 5) is 44.3. The number of nitrogens with zero attached hydrogens (tertiary/aromatic N) is 2. The lowest BCUT2D eigenvalue weighted by atomic mass is 9.60. The summed E-state index contributed by atoms with van der Waals surface area (Å²) >= 11 is 3.22. The van der Waals surface area contributed by atoms with Crippen molar-refractivity contribution >= 4 is 45.0 Å². The first-order valence-corrected chi connectivity index (χ1v) is 12.3. The first-order chi connectivity index (χ1) is 17.4. The molecule has 2 N–H and O–H groups in total. The molecule has 2 aliphatic heterocycles. The van der Waals surface area contributed by atoms with Crippen LogP contribution in [0.15, 0.2) is 63.5 Å². The molecule has 5 rings (SSSR count). The zero-order valence-corrected chi connectivity index (χ0v) is 22.2. The van der Waals surface area contributed by atoms with E-state index in [4.69, 9.17) is 10.5 Å². The second-order valence-electron chi connectivity index (χ2n) is 10.2. The van der Waals surface area contributed by atoms with Crippen molar-refractivity contribution < 1.29 is 27.9 Å². The monoisotopic (exact) mass is 571 g/mol. The van der Waals surface area contributed by atoms with Gasteiger partial charge in [0, 0.05) is 46.5 Å². The highest BCUT2D eigenvalue weighted by atomic mass is 79.9. The Morgan fingerprint density at radius 1 is 1.14 bits per heavy atom. The largest absolute Gasteiger partial charge is 0.466 e. The molecule has 1 unspecified atom stereocenters. The van der Waals surface area contributed by atoms with Crippen LogP contribution < -0.4 is 15.5 Å². The predicted molar refractivity (Wildman–Crippen MR) is 136 cm³/mol. The highest BCUT2D eigenvalue weighted by molar-refractivity contribution is 9.10. The van der Waals surface area contributed by atoms with E-state index >= 15 is 4.39 Å². The molecule has 1 spiro atoms. The van der Waals surface area contributed by atoms with Gasteiger partial charge in [-0.15, -0.1) is 0 Å². The smallest absolute Gasteiger partial charge is 0.339 e. The number of rotatable bonds is 2. The molecule has 0 saturated carbocycles. The predicted octanol–water partition coefficient (Wildman–Crippen LogP) is 4.45. The Bertz CT molecular complexity index is 1460. The van der Waals surface area contributed by atoms with E-state index in [2.05, 4.69) is 15.9 Å². The van der Waals surface area contributed by atoms with Crippen LogP contribution in [-0.4, -0.2) is 31.8 Å². The van der Waals surface area contributed by atoms with Crippen LogP contribution in [0.4, 0.5) is 20.2 Å². The van der Waals surface area contributed by atoms with Gasteiger partial charge in [0.2, 0.25) is 5.91 Å². The number of benzene rings is 2. The van der Waals surface area contributed by atoms with E-state index in [1.807, 2.05) is 13.8 Å². The van der Waals surface area contributed by atoms with Gasteiger partial charge in [0.1, 0.15) is 22.6 Å². The van der Waals surface area contributed by atoms with Gasteiger partial charge < -0.3 is 15.4 Å². The second kappa shape index (κ2) is 8.24. The number of anilines is 2. The fraction of sp³-hybridized carbons (Fsp3) is 0.296. The Kier molecular flexibility index (Phi) is 5.60. The Labute approximate surface area is 220 Å². The third-order valence-electron chi connectivity index (χ3n) is 7.26. The van der Waals surface area contributed by atoms with Crippen LogP contribution in [0.2, 0.25) is 0 Å². The van der Waals surface area contributed by atoms with Gasteiger partial charge in [0.15, 0.2) is 11.6 Å². The van der Waals surface area contributed by atoms with Gasteiger partial charge in [0.25, 0.3) is 0 Å². The van der Waals surface area contributed by atoms with E-state index in [0.29, 0.717) is 17.3 Å². The summed E-state index contributed by atoms with van der Waals surface area (Å²) in [6.07, 6.45) is 0.315. The number of esters is 1. The molecule has 10 heteroatoms. The van der Waals surface area contributed by atoms with Crippen LogP contribution in [-0.2, 0) is 24.5 Å². The lowest BCUT2D eigenvalue weighted by Crippen LogP contribution is -2.55. The average molecular weight is 572 g/mol. The quantitative estimate of drug-likeness (QED) is 0.535. The van der Waals surface area contributed by atoms with Crippen molar-refractivity contribution in [3.63, 3.8) is 0 Å². The van der Waals surface area contributed by atoms with Crippen molar-refractivity contribution in [2.24, 2.45) is 11.1 Å². The third-order valence-corrected chi connectivity index (χ3v) is 7.86. The van der Waals surface area contributed by atoms with E-state index in [9.17, 15) is 18.8 Å². The van der Waals surface area contributed by atoms with Crippen molar-refractivity contribution in [2.75, 3.05) is 24.0 Å². The van der Waals surface area contributed by atoms with Gasteiger partial charge in [-0.3, -0.25) is 14.5 Å². The lowest BCUT2D eigenvalue weighted by molar-refractivity contribution is -0.138. The highest BCUT2D eigenvalue weighted by Gasteiger charge is 2.64. The van der Waals surface area contributed by atoms with Crippen LogP contribution in [0.5, 0.6) is 0 Å². The molecule has 0 bridgehead atoms. The molecule has 2 aromatic carbocycles. The summed E-state index contributed by atoms with van der Waals surface area (Å²) in [6, 6.07) is 8.59. The van der Waals surface area contributed by atoms with Gasteiger partial charge >= 0.3 is 5.97 Å². The molecule has 1 atom stereocenters. The van der Waals surface area contributed by atoms with Crippen LogP contribution in [0.1, 0.15) is 32.3 Å². The number of Topliss-reactive ketones (excluding diaryl/α,β-unsaturated/α-hetero) is 1. The molecule has 7 nitrogen and oxygen atoms in total.